The molecular formula is C16H23BN2O2. The molecule has 1 saturated heterocycles. The average Bonchev–Trinajstić information content (AvgIpc) is 2.64. The molecule has 4 nitrogen and oxygen atoms in total. The Hall–Kier alpha value is -1.17. The van der Waals surface area contributed by atoms with Crippen LogP contribution in [0.4, 0.5) is 0 Å². The Morgan fingerprint density at radius 3 is 2.67 bits per heavy atom. The molecule has 0 spiro atoms. The highest BCUT2D eigenvalue weighted by Crippen LogP contribution is 2.37. The molecule has 2 aliphatic heterocycles. The summed E-state index contributed by atoms with van der Waals surface area (Å²) in [6.45, 7) is 10.1. The van der Waals surface area contributed by atoms with Crippen LogP contribution in [-0.2, 0) is 22.3 Å². The van der Waals surface area contributed by atoms with Crippen molar-refractivity contribution in [3.63, 3.8) is 0 Å². The summed E-state index contributed by atoms with van der Waals surface area (Å²) in [5.41, 5.74) is 3.13. The molecule has 1 aromatic heterocycles. The third-order valence-corrected chi connectivity index (χ3v) is 4.73. The molecule has 0 radical (unpaired) electrons. The molecule has 0 unspecified atom stereocenters. The average molecular weight is 286 g/mol. The van der Waals surface area contributed by atoms with Crippen LogP contribution in [-0.4, -0.2) is 29.8 Å². The van der Waals surface area contributed by atoms with E-state index in [2.05, 4.69) is 50.1 Å². The fourth-order valence-electron chi connectivity index (χ4n) is 2.72. The van der Waals surface area contributed by atoms with Crippen molar-refractivity contribution in [1.29, 1.82) is 0 Å². The van der Waals surface area contributed by atoms with Gasteiger partial charge in [0.2, 0.25) is 0 Å². The molecule has 5 heteroatoms. The summed E-state index contributed by atoms with van der Waals surface area (Å²) in [7, 11) is -0.291. The molecule has 0 aliphatic carbocycles. The van der Waals surface area contributed by atoms with E-state index in [0.717, 1.165) is 25.2 Å². The first-order valence-corrected chi connectivity index (χ1v) is 7.60. The maximum atomic E-state index is 5.99. The molecule has 2 aliphatic rings. The molecule has 3 rings (SSSR count). The summed E-state index contributed by atoms with van der Waals surface area (Å²) in [5, 5.41) is 3.35. The van der Waals surface area contributed by atoms with Gasteiger partial charge in [0.05, 0.1) is 16.9 Å². The number of rotatable bonds is 2. The summed E-state index contributed by atoms with van der Waals surface area (Å²) in [5.74, 6) is 2.01. The van der Waals surface area contributed by atoms with Crippen LogP contribution in [0.15, 0.2) is 18.2 Å². The minimum atomic E-state index is -0.291. The lowest BCUT2D eigenvalue weighted by Crippen LogP contribution is -2.41. The first-order chi connectivity index (χ1) is 9.89. The monoisotopic (exact) mass is 286 g/mol. The van der Waals surface area contributed by atoms with E-state index in [4.69, 9.17) is 9.31 Å². The van der Waals surface area contributed by atoms with Gasteiger partial charge >= 0.3 is 7.12 Å². The number of fused-ring (bicyclic) bond motifs is 1. The van der Waals surface area contributed by atoms with Gasteiger partial charge in [-0.25, -0.2) is 0 Å². The zero-order valence-corrected chi connectivity index (χ0v) is 13.3. The Balaban J connectivity index is 1.79. The molecule has 1 N–H and O–H groups in total. The topological polar surface area (TPSA) is 43.4 Å². The predicted molar refractivity (Wildman–Crippen MR) is 84.8 cm³/mol. The molecule has 1 aromatic rings. The quantitative estimate of drug-likeness (QED) is 0.848. The second kappa shape index (κ2) is 5.23. The summed E-state index contributed by atoms with van der Waals surface area (Å²) >= 11 is 0. The zero-order valence-electron chi connectivity index (χ0n) is 13.3. The van der Waals surface area contributed by atoms with Crippen LogP contribution < -0.4 is 5.32 Å². The van der Waals surface area contributed by atoms with E-state index in [1.54, 1.807) is 0 Å². The fourth-order valence-corrected chi connectivity index (χ4v) is 2.72. The molecule has 21 heavy (non-hydrogen) atoms. The van der Waals surface area contributed by atoms with Crippen LogP contribution in [0, 0.1) is 0 Å². The number of hydrogen-bond acceptors (Lipinski definition) is 4. The highest BCUT2D eigenvalue weighted by atomic mass is 16.7. The second-order valence-electron chi connectivity index (χ2n) is 6.74. The van der Waals surface area contributed by atoms with Crippen LogP contribution in [0.1, 0.15) is 44.5 Å². The molecule has 112 valence electrons. The van der Waals surface area contributed by atoms with Crippen LogP contribution in [0.5, 0.6) is 0 Å². The summed E-state index contributed by atoms with van der Waals surface area (Å²) < 4.78 is 12.0. The second-order valence-corrected chi connectivity index (χ2v) is 6.74. The van der Waals surface area contributed by atoms with Crippen molar-refractivity contribution in [1.82, 2.24) is 10.3 Å². The third-order valence-electron chi connectivity index (χ3n) is 4.73. The van der Waals surface area contributed by atoms with Crippen molar-refractivity contribution >= 4 is 13.2 Å². The summed E-state index contributed by atoms with van der Waals surface area (Å²) in [6.07, 6.45) is 5.00. The minimum Gasteiger partial charge on any atom is -0.400 e. The molecule has 0 atom stereocenters. The SMILES string of the molecule is CC1(C)OB(/C=C/c2ccnc3c2CCNC3)OC1(C)C. The van der Waals surface area contributed by atoms with E-state index < -0.39 is 0 Å². The Labute approximate surface area is 127 Å². The largest absolute Gasteiger partial charge is 0.487 e. The molecule has 1 fully saturated rings. The Morgan fingerprint density at radius 1 is 1.24 bits per heavy atom. The van der Waals surface area contributed by atoms with Crippen molar-refractivity contribution < 1.29 is 9.31 Å². The van der Waals surface area contributed by atoms with Crippen LogP contribution >= 0.6 is 0 Å². The minimum absolute atomic E-state index is 0.288. The summed E-state index contributed by atoms with van der Waals surface area (Å²) in [4.78, 5) is 4.45. The van der Waals surface area contributed by atoms with Gasteiger partial charge in [0, 0.05) is 12.7 Å². The van der Waals surface area contributed by atoms with Gasteiger partial charge in [-0.05, 0) is 57.9 Å². The van der Waals surface area contributed by atoms with Crippen molar-refractivity contribution in [2.75, 3.05) is 6.54 Å². The van der Waals surface area contributed by atoms with Gasteiger partial charge in [-0.3, -0.25) is 4.98 Å². The first kappa shape index (κ1) is 14.8. The van der Waals surface area contributed by atoms with Gasteiger partial charge in [0.15, 0.2) is 0 Å². The van der Waals surface area contributed by atoms with E-state index in [1.807, 2.05) is 12.2 Å². The fraction of sp³-hybridized carbons (Fsp3) is 0.562. The zero-order chi connectivity index (χ0) is 15.1. The van der Waals surface area contributed by atoms with Crippen molar-refractivity contribution in [2.45, 2.75) is 51.9 Å². The van der Waals surface area contributed by atoms with Crippen LogP contribution in [0.3, 0.4) is 0 Å². The van der Waals surface area contributed by atoms with E-state index in [0.29, 0.717) is 0 Å². The molecule has 0 saturated carbocycles. The van der Waals surface area contributed by atoms with Crippen LogP contribution in [0.25, 0.3) is 6.08 Å². The van der Waals surface area contributed by atoms with Gasteiger partial charge in [0.25, 0.3) is 0 Å². The normalized spacial score (nSPS) is 23.5. The van der Waals surface area contributed by atoms with E-state index in [9.17, 15) is 0 Å². The van der Waals surface area contributed by atoms with E-state index in [-0.39, 0.29) is 18.3 Å². The van der Waals surface area contributed by atoms with Crippen LogP contribution in [0.2, 0.25) is 0 Å². The van der Waals surface area contributed by atoms with Gasteiger partial charge < -0.3 is 14.6 Å². The number of nitrogens with one attached hydrogen (secondary N) is 1. The lowest BCUT2D eigenvalue weighted by molar-refractivity contribution is 0.00578. The lowest BCUT2D eigenvalue weighted by Gasteiger charge is -2.32. The highest BCUT2D eigenvalue weighted by molar-refractivity contribution is 6.52. The van der Waals surface area contributed by atoms with Gasteiger partial charge in [-0.15, -0.1) is 0 Å². The van der Waals surface area contributed by atoms with Crippen molar-refractivity contribution in [3.05, 3.63) is 35.1 Å². The standard InChI is InChI=1S/C16H23BN2O2/c1-15(2)16(3,4)21-17(20-15)8-5-12-6-10-19-14-11-18-9-7-13(12)14/h5-6,8,10,18H,7,9,11H2,1-4H3/b8-5+. The van der Waals surface area contributed by atoms with Gasteiger partial charge in [-0.1, -0.05) is 12.1 Å². The Bertz CT molecular complexity index is 553. The maximum Gasteiger partial charge on any atom is 0.487 e. The predicted octanol–water partition coefficient (Wildman–Crippen LogP) is 2.37. The van der Waals surface area contributed by atoms with Gasteiger partial charge in [0.1, 0.15) is 0 Å². The highest BCUT2D eigenvalue weighted by Gasteiger charge is 2.50. The molecule has 3 heterocycles. The van der Waals surface area contributed by atoms with E-state index in [1.165, 1.54) is 11.1 Å². The molecule has 0 bridgehead atoms. The third kappa shape index (κ3) is 2.78. The number of nitrogens with zero attached hydrogens (tertiary/aromatic N) is 1. The number of hydrogen-bond donors (Lipinski definition) is 1. The Morgan fingerprint density at radius 2 is 1.95 bits per heavy atom. The lowest BCUT2D eigenvalue weighted by atomic mass is 9.88. The Kier molecular flexibility index (Phi) is 3.68. The molecule has 0 aromatic carbocycles. The summed E-state index contributed by atoms with van der Waals surface area (Å²) in [6, 6.07) is 2.06. The number of pyridine rings is 1. The van der Waals surface area contributed by atoms with Gasteiger partial charge in [-0.2, -0.15) is 0 Å². The molecule has 0 amide bonds. The first-order valence-electron chi connectivity index (χ1n) is 7.60. The van der Waals surface area contributed by atoms with Crippen molar-refractivity contribution in [3.8, 4) is 0 Å². The molecular weight excluding hydrogens is 263 g/mol. The smallest absolute Gasteiger partial charge is 0.400 e. The number of aromatic nitrogens is 1. The van der Waals surface area contributed by atoms with E-state index >= 15 is 0 Å². The maximum absolute atomic E-state index is 5.99. The van der Waals surface area contributed by atoms with Crippen molar-refractivity contribution in [2.24, 2.45) is 0 Å².